The van der Waals surface area contributed by atoms with Crippen molar-refractivity contribution in [1.29, 1.82) is 0 Å². The zero-order valence-electron chi connectivity index (χ0n) is 20.2. The molecular weight excluding hydrogens is 500 g/mol. The summed E-state index contributed by atoms with van der Waals surface area (Å²) in [6, 6.07) is 6.73. The van der Waals surface area contributed by atoms with E-state index >= 15 is 0 Å². The molecule has 0 fully saturated rings. The number of nitrogens with zero attached hydrogens (tertiary/aromatic N) is 5. The number of thiazole rings is 1. The van der Waals surface area contributed by atoms with Gasteiger partial charge in [-0.05, 0) is 57.5 Å². The largest absolute Gasteiger partial charge is 0.397 e. The van der Waals surface area contributed by atoms with Gasteiger partial charge in [-0.2, -0.15) is 0 Å². The fourth-order valence-electron chi connectivity index (χ4n) is 3.25. The Morgan fingerprint density at radius 2 is 1.78 bits per heavy atom. The first kappa shape index (κ1) is 25.3. The fraction of sp³-hybridized carbons (Fsp3) is 0.261. The third-order valence-electron chi connectivity index (χ3n) is 5.37. The molecule has 0 saturated heterocycles. The number of amides is 2. The number of pyridine rings is 1. The van der Waals surface area contributed by atoms with Gasteiger partial charge in [0.25, 0.3) is 0 Å². The molecular formula is C23H26N8O3S2. The number of primary amides is 1. The topological polar surface area (TPSA) is 170 Å². The standard InChI is InChI=1S/C23H26N8O3S2/c1-5-31(20(25)32)22-29-18-9-13(8-16(19(18)35-22)17-7-6-15(24)12-26-17)14-10-27-21(28-11-14)30-36(33,34)23(2,3)4/h6-12H,5,24H2,1-4H3,(H2,25,32)(H,27,28,30). The summed E-state index contributed by atoms with van der Waals surface area (Å²) < 4.78 is 27.1. The number of anilines is 3. The number of nitrogen functional groups attached to an aromatic ring is 1. The van der Waals surface area contributed by atoms with E-state index in [9.17, 15) is 13.2 Å². The van der Waals surface area contributed by atoms with Crippen LogP contribution in [-0.4, -0.2) is 45.7 Å². The molecule has 4 rings (SSSR count). The number of rotatable bonds is 6. The molecule has 0 aliphatic carbocycles. The van der Waals surface area contributed by atoms with Gasteiger partial charge in [0.1, 0.15) is 0 Å². The molecule has 0 aliphatic rings. The van der Waals surface area contributed by atoms with Crippen molar-refractivity contribution in [2.45, 2.75) is 32.4 Å². The van der Waals surface area contributed by atoms with Gasteiger partial charge in [-0.15, -0.1) is 0 Å². The summed E-state index contributed by atoms with van der Waals surface area (Å²) in [5.74, 6) is -0.0221. The average molecular weight is 527 g/mol. The van der Waals surface area contributed by atoms with Crippen molar-refractivity contribution in [3.05, 3.63) is 42.9 Å². The molecule has 11 nitrogen and oxygen atoms in total. The first-order valence-electron chi connectivity index (χ1n) is 11.0. The molecule has 2 amide bonds. The van der Waals surface area contributed by atoms with Gasteiger partial charge in [0.2, 0.25) is 16.0 Å². The van der Waals surface area contributed by atoms with Gasteiger partial charge < -0.3 is 11.5 Å². The Kier molecular flexibility index (Phi) is 6.54. The van der Waals surface area contributed by atoms with E-state index in [1.807, 2.05) is 19.1 Å². The van der Waals surface area contributed by atoms with E-state index in [0.29, 0.717) is 34.1 Å². The molecule has 0 radical (unpaired) electrons. The Morgan fingerprint density at radius 3 is 2.33 bits per heavy atom. The molecule has 3 aromatic heterocycles. The van der Waals surface area contributed by atoms with Crippen LogP contribution in [0.2, 0.25) is 0 Å². The summed E-state index contributed by atoms with van der Waals surface area (Å²) in [5.41, 5.74) is 15.4. The van der Waals surface area contributed by atoms with Crippen molar-refractivity contribution in [2.75, 3.05) is 21.9 Å². The van der Waals surface area contributed by atoms with Gasteiger partial charge in [0, 0.05) is 30.1 Å². The molecule has 0 saturated carbocycles. The highest BCUT2D eigenvalue weighted by Crippen LogP contribution is 2.39. The van der Waals surface area contributed by atoms with Crippen molar-refractivity contribution in [3.63, 3.8) is 0 Å². The number of urea groups is 1. The number of carbonyl (C=O) groups is 1. The van der Waals surface area contributed by atoms with Crippen molar-refractivity contribution in [1.82, 2.24) is 19.9 Å². The minimum absolute atomic E-state index is 0.0221. The number of aromatic nitrogens is 4. The molecule has 36 heavy (non-hydrogen) atoms. The lowest BCUT2D eigenvalue weighted by Crippen LogP contribution is -2.35. The molecule has 0 bridgehead atoms. The molecule has 3 heterocycles. The van der Waals surface area contributed by atoms with Crippen LogP contribution in [0, 0.1) is 0 Å². The van der Waals surface area contributed by atoms with Crippen LogP contribution >= 0.6 is 11.3 Å². The quantitative estimate of drug-likeness (QED) is 0.340. The minimum atomic E-state index is -3.66. The Hall–Kier alpha value is -3.84. The Morgan fingerprint density at radius 1 is 1.08 bits per heavy atom. The molecule has 0 unspecified atom stereocenters. The van der Waals surface area contributed by atoms with Crippen LogP contribution < -0.4 is 21.1 Å². The van der Waals surface area contributed by atoms with E-state index in [1.165, 1.54) is 28.6 Å². The maximum atomic E-state index is 12.4. The van der Waals surface area contributed by atoms with Crippen LogP contribution in [0.5, 0.6) is 0 Å². The first-order valence-corrected chi connectivity index (χ1v) is 13.3. The number of fused-ring (bicyclic) bond motifs is 1. The van der Waals surface area contributed by atoms with Crippen molar-refractivity contribution >= 4 is 54.4 Å². The second-order valence-electron chi connectivity index (χ2n) is 8.94. The normalized spacial score (nSPS) is 12.0. The van der Waals surface area contributed by atoms with Crippen LogP contribution in [0.25, 0.3) is 32.6 Å². The summed E-state index contributed by atoms with van der Waals surface area (Å²) >= 11 is 1.33. The number of hydrogen-bond acceptors (Lipinski definition) is 9. The third-order valence-corrected chi connectivity index (χ3v) is 8.56. The predicted octanol–water partition coefficient (Wildman–Crippen LogP) is 3.84. The third kappa shape index (κ3) is 4.93. The lowest BCUT2D eigenvalue weighted by atomic mass is 10.0. The van der Waals surface area contributed by atoms with Crippen LogP contribution in [0.4, 0.5) is 21.6 Å². The van der Waals surface area contributed by atoms with Crippen LogP contribution in [0.1, 0.15) is 27.7 Å². The minimum Gasteiger partial charge on any atom is -0.397 e. The molecule has 1 aromatic carbocycles. The highest BCUT2D eigenvalue weighted by Gasteiger charge is 2.29. The van der Waals surface area contributed by atoms with Gasteiger partial charge in [0.05, 0.1) is 32.5 Å². The molecule has 13 heteroatoms. The number of nitrogens with two attached hydrogens (primary N) is 2. The smallest absolute Gasteiger partial charge is 0.321 e. The number of nitrogens with one attached hydrogen (secondary N) is 1. The summed E-state index contributed by atoms with van der Waals surface area (Å²) in [6.07, 6.45) is 4.63. The van der Waals surface area contributed by atoms with E-state index in [4.69, 9.17) is 11.5 Å². The zero-order chi connectivity index (χ0) is 26.3. The fourth-order valence-corrected chi connectivity index (χ4v) is 5.04. The number of benzene rings is 1. The average Bonchev–Trinajstić information content (AvgIpc) is 3.22. The molecule has 5 N–H and O–H groups in total. The van der Waals surface area contributed by atoms with E-state index < -0.39 is 20.8 Å². The Labute approximate surface area is 212 Å². The van der Waals surface area contributed by atoms with Gasteiger partial charge in [-0.1, -0.05) is 11.3 Å². The maximum absolute atomic E-state index is 12.4. The molecule has 0 aliphatic heterocycles. The molecule has 4 aromatic rings. The van der Waals surface area contributed by atoms with E-state index in [1.54, 1.807) is 39.1 Å². The van der Waals surface area contributed by atoms with Gasteiger partial charge in [-0.25, -0.2) is 28.2 Å². The molecule has 0 spiro atoms. The summed E-state index contributed by atoms with van der Waals surface area (Å²) in [6.45, 7) is 6.96. The van der Waals surface area contributed by atoms with Gasteiger partial charge in [0.15, 0.2) is 5.13 Å². The summed E-state index contributed by atoms with van der Waals surface area (Å²) in [7, 11) is -3.66. The van der Waals surface area contributed by atoms with Crippen molar-refractivity contribution in [3.8, 4) is 22.4 Å². The zero-order valence-corrected chi connectivity index (χ0v) is 21.8. The lowest BCUT2D eigenvalue weighted by Gasteiger charge is -2.19. The number of carbonyl (C=O) groups excluding carboxylic acids is 1. The van der Waals surface area contributed by atoms with Crippen molar-refractivity contribution in [2.24, 2.45) is 5.73 Å². The Bertz CT molecular complexity index is 1530. The van der Waals surface area contributed by atoms with Gasteiger partial charge >= 0.3 is 6.03 Å². The van der Waals surface area contributed by atoms with Crippen LogP contribution in [0.3, 0.4) is 0 Å². The Balaban J connectivity index is 1.81. The SMILES string of the molecule is CCN(C(N)=O)c1nc2cc(-c3cnc(NS(=O)(=O)C(C)(C)C)nc3)cc(-c3ccc(N)cn3)c2s1. The predicted molar refractivity (Wildman–Crippen MR) is 143 cm³/mol. The van der Waals surface area contributed by atoms with Gasteiger partial charge in [-0.3, -0.25) is 14.6 Å². The monoisotopic (exact) mass is 526 g/mol. The highest BCUT2D eigenvalue weighted by molar-refractivity contribution is 7.94. The van der Waals surface area contributed by atoms with E-state index in [2.05, 4.69) is 24.7 Å². The maximum Gasteiger partial charge on any atom is 0.321 e. The second-order valence-corrected chi connectivity index (χ2v) is 12.4. The van der Waals surface area contributed by atoms with Crippen LogP contribution in [0.15, 0.2) is 42.9 Å². The lowest BCUT2D eigenvalue weighted by molar-refractivity contribution is 0.254. The first-order chi connectivity index (χ1) is 16.9. The molecule has 0 atom stereocenters. The van der Waals surface area contributed by atoms with Crippen molar-refractivity contribution < 1.29 is 13.2 Å². The second kappa shape index (κ2) is 9.32. The summed E-state index contributed by atoms with van der Waals surface area (Å²) in [5, 5.41) is 0.469. The summed E-state index contributed by atoms with van der Waals surface area (Å²) in [4.78, 5) is 30.8. The number of sulfonamides is 1. The van der Waals surface area contributed by atoms with E-state index in [-0.39, 0.29) is 5.95 Å². The van der Waals surface area contributed by atoms with E-state index in [0.717, 1.165) is 15.8 Å². The highest BCUT2D eigenvalue weighted by atomic mass is 32.2. The number of hydrogen-bond donors (Lipinski definition) is 3. The van der Waals surface area contributed by atoms with Crippen LogP contribution in [-0.2, 0) is 10.0 Å². The molecule has 188 valence electrons.